The van der Waals surface area contributed by atoms with Crippen molar-refractivity contribution < 1.29 is 8.42 Å². The van der Waals surface area contributed by atoms with Gasteiger partial charge in [-0.25, -0.2) is 4.72 Å². The minimum absolute atomic E-state index is 0.424. The molecule has 0 spiro atoms. The zero-order chi connectivity index (χ0) is 10.6. The highest BCUT2D eigenvalue weighted by Crippen LogP contribution is 2.29. The smallest absolute Gasteiger partial charge is 0.279 e. The van der Waals surface area contributed by atoms with Crippen LogP contribution < -0.4 is 10.5 Å². The van der Waals surface area contributed by atoms with Crippen molar-refractivity contribution in [2.75, 3.05) is 26.7 Å². The molecule has 0 amide bonds. The van der Waals surface area contributed by atoms with Gasteiger partial charge in [0.2, 0.25) is 0 Å². The predicted molar refractivity (Wildman–Crippen MR) is 55.9 cm³/mol. The molecule has 3 N–H and O–H groups in total. The maximum Gasteiger partial charge on any atom is 0.279 e. The number of nitrogens with one attached hydrogen (secondary N) is 1. The molecule has 0 aromatic carbocycles. The highest BCUT2D eigenvalue weighted by atomic mass is 32.2. The Labute approximate surface area is 85.8 Å². The highest BCUT2D eigenvalue weighted by Gasteiger charge is 2.27. The van der Waals surface area contributed by atoms with E-state index in [1.165, 1.54) is 4.31 Å². The quantitative estimate of drug-likeness (QED) is 0.570. The van der Waals surface area contributed by atoms with Gasteiger partial charge in [0, 0.05) is 20.1 Å². The number of nitrogens with two attached hydrogens (primary N) is 1. The van der Waals surface area contributed by atoms with E-state index in [9.17, 15) is 8.42 Å². The Bertz CT molecular complexity index is 262. The molecule has 14 heavy (non-hydrogen) atoms. The second-order valence-corrected chi connectivity index (χ2v) is 5.63. The van der Waals surface area contributed by atoms with Crippen molar-refractivity contribution in [3.63, 3.8) is 0 Å². The molecular formula is C8H19N3O2S. The SMILES string of the molecule is CN(CC1CC1)S(=O)(=O)NCCCN. The molecule has 1 saturated carbocycles. The molecular weight excluding hydrogens is 202 g/mol. The first kappa shape index (κ1) is 11.9. The van der Waals surface area contributed by atoms with Crippen LogP contribution in [-0.4, -0.2) is 39.4 Å². The van der Waals surface area contributed by atoms with Gasteiger partial charge in [-0.3, -0.25) is 0 Å². The Kier molecular flexibility index (Phi) is 4.31. The van der Waals surface area contributed by atoms with Crippen LogP contribution in [0, 0.1) is 5.92 Å². The molecule has 0 saturated heterocycles. The van der Waals surface area contributed by atoms with Crippen molar-refractivity contribution in [2.24, 2.45) is 11.7 Å². The highest BCUT2D eigenvalue weighted by molar-refractivity contribution is 7.87. The standard InChI is InChI=1S/C8H19N3O2S/c1-11(7-8-3-4-8)14(12,13)10-6-2-5-9/h8,10H,2-7,9H2,1H3. The van der Waals surface area contributed by atoms with Crippen molar-refractivity contribution >= 4 is 10.2 Å². The molecule has 5 nitrogen and oxygen atoms in total. The fourth-order valence-corrected chi connectivity index (χ4v) is 2.21. The summed E-state index contributed by atoms with van der Waals surface area (Å²) in [6.45, 7) is 1.57. The molecule has 0 unspecified atom stereocenters. The summed E-state index contributed by atoms with van der Waals surface area (Å²) >= 11 is 0. The van der Waals surface area contributed by atoms with Gasteiger partial charge in [-0.15, -0.1) is 0 Å². The molecule has 1 fully saturated rings. The van der Waals surface area contributed by atoms with Crippen LogP contribution in [-0.2, 0) is 10.2 Å². The van der Waals surface area contributed by atoms with E-state index < -0.39 is 10.2 Å². The zero-order valence-corrected chi connectivity index (χ0v) is 9.39. The third kappa shape index (κ3) is 3.91. The van der Waals surface area contributed by atoms with Gasteiger partial charge in [0.15, 0.2) is 0 Å². The lowest BCUT2D eigenvalue weighted by molar-refractivity contribution is 0.442. The van der Waals surface area contributed by atoms with Crippen molar-refractivity contribution in [2.45, 2.75) is 19.3 Å². The van der Waals surface area contributed by atoms with E-state index >= 15 is 0 Å². The van der Waals surface area contributed by atoms with Gasteiger partial charge in [-0.2, -0.15) is 12.7 Å². The number of nitrogens with zero attached hydrogens (tertiary/aromatic N) is 1. The van der Waals surface area contributed by atoms with Gasteiger partial charge in [0.05, 0.1) is 0 Å². The maximum atomic E-state index is 11.5. The van der Waals surface area contributed by atoms with Gasteiger partial charge in [0.1, 0.15) is 0 Å². The molecule has 0 bridgehead atoms. The van der Waals surface area contributed by atoms with Gasteiger partial charge in [-0.1, -0.05) is 0 Å². The monoisotopic (exact) mass is 221 g/mol. The van der Waals surface area contributed by atoms with E-state index in [-0.39, 0.29) is 0 Å². The van der Waals surface area contributed by atoms with Crippen molar-refractivity contribution in [1.82, 2.24) is 9.03 Å². The Balaban J connectivity index is 2.30. The lowest BCUT2D eigenvalue weighted by atomic mass is 10.4. The second kappa shape index (κ2) is 5.06. The number of rotatable bonds is 7. The van der Waals surface area contributed by atoms with Gasteiger partial charge in [-0.05, 0) is 31.7 Å². The molecule has 84 valence electrons. The van der Waals surface area contributed by atoms with Crippen molar-refractivity contribution in [1.29, 1.82) is 0 Å². The Morgan fingerprint density at radius 2 is 2.14 bits per heavy atom. The summed E-state index contributed by atoms with van der Waals surface area (Å²) in [6, 6.07) is 0. The number of hydrogen-bond acceptors (Lipinski definition) is 3. The first-order valence-electron chi connectivity index (χ1n) is 4.97. The lowest BCUT2D eigenvalue weighted by Crippen LogP contribution is -2.40. The molecule has 0 aromatic heterocycles. The first-order valence-corrected chi connectivity index (χ1v) is 6.41. The molecule has 1 rings (SSSR count). The van der Waals surface area contributed by atoms with Gasteiger partial charge >= 0.3 is 0 Å². The van der Waals surface area contributed by atoms with Crippen LogP contribution in [0.15, 0.2) is 0 Å². The van der Waals surface area contributed by atoms with Gasteiger partial charge < -0.3 is 5.73 Å². The van der Waals surface area contributed by atoms with E-state index in [1.54, 1.807) is 7.05 Å². The maximum absolute atomic E-state index is 11.5. The van der Waals surface area contributed by atoms with E-state index in [1.807, 2.05) is 0 Å². The minimum Gasteiger partial charge on any atom is -0.330 e. The molecule has 6 heteroatoms. The number of hydrogen-bond donors (Lipinski definition) is 2. The third-order valence-corrected chi connectivity index (χ3v) is 3.83. The summed E-state index contributed by atoms with van der Waals surface area (Å²) in [5.41, 5.74) is 5.28. The van der Waals surface area contributed by atoms with Crippen LogP contribution in [0.3, 0.4) is 0 Å². The summed E-state index contributed by atoms with van der Waals surface area (Å²) < 4.78 is 27.0. The Hall–Kier alpha value is -0.170. The fourth-order valence-electron chi connectivity index (χ4n) is 1.18. The van der Waals surface area contributed by atoms with Crippen LogP contribution in [0.1, 0.15) is 19.3 Å². The second-order valence-electron chi connectivity index (χ2n) is 3.77. The minimum atomic E-state index is -3.26. The lowest BCUT2D eigenvalue weighted by Gasteiger charge is -2.16. The third-order valence-electron chi connectivity index (χ3n) is 2.29. The van der Waals surface area contributed by atoms with E-state index in [4.69, 9.17) is 5.73 Å². The average molecular weight is 221 g/mol. The molecule has 0 radical (unpaired) electrons. The van der Waals surface area contributed by atoms with Crippen LogP contribution in [0.25, 0.3) is 0 Å². The van der Waals surface area contributed by atoms with Gasteiger partial charge in [0.25, 0.3) is 10.2 Å². The molecule has 1 aliphatic rings. The van der Waals surface area contributed by atoms with Crippen LogP contribution in [0.4, 0.5) is 0 Å². The molecule has 0 atom stereocenters. The van der Waals surface area contributed by atoms with Crippen molar-refractivity contribution in [3.8, 4) is 0 Å². The summed E-state index contributed by atoms with van der Waals surface area (Å²) in [5, 5.41) is 0. The molecule has 0 aliphatic heterocycles. The largest absolute Gasteiger partial charge is 0.330 e. The molecule has 1 aliphatic carbocycles. The zero-order valence-electron chi connectivity index (χ0n) is 8.57. The Morgan fingerprint density at radius 1 is 1.50 bits per heavy atom. The van der Waals surface area contributed by atoms with Crippen molar-refractivity contribution in [3.05, 3.63) is 0 Å². The molecule has 0 heterocycles. The Morgan fingerprint density at radius 3 is 2.64 bits per heavy atom. The van der Waals surface area contributed by atoms with Crippen LogP contribution in [0.5, 0.6) is 0 Å². The first-order chi connectivity index (χ1) is 6.56. The predicted octanol–water partition coefficient (Wildman–Crippen LogP) is -0.489. The summed E-state index contributed by atoms with van der Waals surface area (Å²) in [4.78, 5) is 0. The topological polar surface area (TPSA) is 75.4 Å². The molecule has 0 aromatic rings. The summed E-state index contributed by atoms with van der Waals surface area (Å²) in [7, 11) is -1.65. The normalized spacial score (nSPS) is 17.6. The summed E-state index contributed by atoms with van der Waals surface area (Å²) in [6.07, 6.45) is 2.99. The van der Waals surface area contributed by atoms with E-state index in [2.05, 4.69) is 4.72 Å². The van der Waals surface area contributed by atoms with Crippen LogP contribution in [0.2, 0.25) is 0 Å². The van der Waals surface area contributed by atoms with E-state index in [0.29, 0.717) is 32.0 Å². The summed E-state index contributed by atoms with van der Waals surface area (Å²) in [5.74, 6) is 0.575. The van der Waals surface area contributed by atoms with Crippen LogP contribution >= 0.6 is 0 Å². The fraction of sp³-hybridized carbons (Fsp3) is 1.00. The average Bonchev–Trinajstić information content (AvgIpc) is 2.88. The van der Waals surface area contributed by atoms with E-state index in [0.717, 1.165) is 12.8 Å².